The second-order valence-electron chi connectivity index (χ2n) is 15.6. The van der Waals surface area contributed by atoms with Gasteiger partial charge in [0.25, 0.3) is 5.91 Å². The van der Waals surface area contributed by atoms with Gasteiger partial charge in [-0.15, -0.1) is 0 Å². The Morgan fingerprint density at radius 2 is 1.72 bits per heavy atom. The number of ether oxygens (including phenoxy) is 2. The van der Waals surface area contributed by atoms with Crippen molar-refractivity contribution in [3.05, 3.63) is 102 Å². The summed E-state index contributed by atoms with van der Waals surface area (Å²) in [5, 5.41) is 8.56. The van der Waals surface area contributed by atoms with Gasteiger partial charge in [-0.05, 0) is 118 Å². The monoisotopic (exact) mass is 832 g/mol. The lowest BCUT2D eigenvalue weighted by molar-refractivity contribution is -0.125. The number of anilines is 1. The molecule has 12 heteroatoms. The Labute approximate surface area is 361 Å². The lowest BCUT2D eigenvalue weighted by Gasteiger charge is -2.42. The number of rotatable bonds is 26. The number of hydrogen-bond acceptors (Lipinski definition) is 9. The van der Waals surface area contributed by atoms with E-state index in [9.17, 15) is 19.2 Å². The Morgan fingerprint density at radius 1 is 0.951 bits per heavy atom. The van der Waals surface area contributed by atoms with Crippen molar-refractivity contribution in [1.82, 2.24) is 25.1 Å². The smallest absolute Gasteiger partial charge is 0.255 e. The minimum absolute atomic E-state index is 0.145. The van der Waals surface area contributed by atoms with E-state index in [0.717, 1.165) is 101 Å². The van der Waals surface area contributed by atoms with Crippen molar-refractivity contribution in [3.63, 3.8) is 0 Å². The quantitative estimate of drug-likeness (QED) is 0.0281. The molecule has 61 heavy (non-hydrogen) atoms. The highest BCUT2D eigenvalue weighted by Gasteiger charge is 2.30. The molecule has 1 atom stereocenters. The van der Waals surface area contributed by atoms with Crippen LogP contribution in [-0.4, -0.2) is 104 Å². The number of nitrogens with zero attached hydrogens (tertiary/aromatic N) is 4. The van der Waals surface area contributed by atoms with Gasteiger partial charge in [0.1, 0.15) is 18.1 Å². The number of amides is 2. The van der Waals surface area contributed by atoms with Crippen molar-refractivity contribution in [3.8, 4) is 0 Å². The molecule has 0 spiro atoms. The summed E-state index contributed by atoms with van der Waals surface area (Å²) >= 11 is 0. The zero-order chi connectivity index (χ0) is 43.6. The predicted octanol–water partition coefficient (Wildman–Crippen LogP) is 7.81. The molecule has 2 aromatic heterocycles. The summed E-state index contributed by atoms with van der Waals surface area (Å²) in [6.07, 6.45) is 21.2. The average Bonchev–Trinajstić information content (AvgIpc) is 3.55. The summed E-state index contributed by atoms with van der Waals surface area (Å²) in [4.78, 5) is 56.5. The van der Waals surface area contributed by atoms with Gasteiger partial charge in [-0.1, -0.05) is 31.2 Å². The van der Waals surface area contributed by atoms with Crippen molar-refractivity contribution in [2.45, 2.75) is 83.7 Å². The number of fused-ring (bicyclic) bond motifs is 3. The van der Waals surface area contributed by atoms with Gasteiger partial charge in [-0.2, -0.15) is 0 Å². The molecule has 1 aliphatic heterocycles. The van der Waals surface area contributed by atoms with E-state index in [4.69, 9.17) is 9.47 Å². The van der Waals surface area contributed by atoms with Crippen LogP contribution in [0.2, 0.25) is 0 Å². The third-order valence-corrected chi connectivity index (χ3v) is 11.4. The average molecular weight is 833 g/mol. The van der Waals surface area contributed by atoms with Gasteiger partial charge in [-0.25, -0.2) is 0 Å². The molecule has 1 saturated heterocycles. The van der Waals surface area contributed by atoms with Crippen LogP contribution in [-0.2, 0) is 26.1 Å². The van der Waals surface area contributed by atoms with Gasteiger partial charge >= 0.3 is 0 Å². The summed E-state index contributed by atoms with van der Waals surface area (Å²) in [6.45, 7) is 8.94. The minimum atomic E-state index is -0.815. The van der Waals surface area contributed by atoms with Crippen molar-refractivity contribution < 1.29 is 28.7 Å². The lowest BCUT2D eigenvalue weighted by Crippen LogP contribution is -2.58. The van der Waals surface area contributed by atoms with E-state index in [1.807, 2.05) is 18.5 Å². The van der Waals surface area contributed by atoms with E-state index >= 15 is 0 Å². The third kappa shape index (κ3) is 12.5. The highest BCUT2D eigenvalue weighted by molar-refractivity contribution is 6.08. The molecule has 1 unspecified atom stereocenters. The first-order valence-electron chi connectivity index (χ1n) is 21.8. The van der Waals surface area contributed by atoms with Crippen LogP contribution in [0, 0.1) is 0 Å². The number of carbonyl (C=O) groups excluding carboxylic acids is 4. The van der Waals surface area contributed by atoms with Gasteiger partial charge in [-0.3, -0.25) is 19.4 Å². The molecule has 3 heterocycles. The number of hydrogen-bond donors (Lipinski definition) is 2. The molecule has 0 aliphatic carbocycles. The number of aromatic nitrogens is 2. The number of aldehydes is 2. The zero-order valence-corrected chi connectivity index (χ0v) is 36.7. The van der Waals surface area contributed by atoms with Crippen molar-refractivity contribution in [2.24, 2.45) is 7.05 Å². The van der Waals surface area contributed by atoms with E-state index < -0.39 is 11.9 Å². The Kier molecular flexibility index (Phi) is 18.3. The highest BCUT2D eigenvalue weighted by atomic mass is 16.5. The molecule has 12 nitrogen and oxygen atoms in total. The van der Waals surface area contributed by atoms with Crippen LogP contribution in [0.1, 0.15) is 97.9 Å². The molecule has 1 aliphatic rings. The van der Waals surface area contributed by atoms with Gasteiger partial charge in [0.05, 0.1) is 17.7 Å². The number of nitrogens with one attached hydrogen (secondary N) is 2. The van der Waals surface area contributed by atoms with E-state index in [-0.39, 0.29) is 29.9 Å². The summed E-state index contributed by atoms with van der Waals surface area (Å²) in [5.41, 5.74) is 6.04. The maximum absolute atomic E-state index is 13.4. The molecular formula is C49H64N6O6. The van der Waals surface area contributed by atoms with Crippen LogP contribution in [0.4, 0.5) is 5.69 Å². The number of carbonyl (C=O) groups is 4. The van der Waals surface area contributed by atoms with Crippen LogP contribution >= 0.6 is 0 Å². The van der Waals surface area contributed by atoms with Crippen molar-refractivity contribution in [2.75, 3.05) is 58.5 Å². The minimum Gasteiger partial charge on any atom is -0.494 e. The number of aryl methyl sites for hydroxylation is 1. The van der Waals surface area contributed by atoms with Gasteiger partial charge in [0, 0.05) is 99.8 Å². The SMILES string of the molecule is C\C=C(/C=C\C(=C\CC)OCCCCCOCCCCCNC1CN(c2ccc(C=O)c(C(=O)N(C)C(CCC=O)C(=O)NC)c2)C1)c1ccc2c3cnccc3n(C)c2c1. The Morgan fingerprint density at radius 3 is 2.44 bits per heavy atom. The maximum Gasteiger partial charge on any atom is 0.255 e. The van der Waals surface area contributed by atoms with Crippen LogP contribution in [0.3, 0.4) is 0 Å². The van der Waals surface area contributed by atoms with Gasteiger partial charge < -0.3 is 39.3 Å². The third-order valence-electron chi connectivity index (χ3n) is 11.4. The van der Waals surface area contributed by atoms with Gasteiger partial charge in [0.15, 0.2) is 6.29 Å². The first-order chi connectivity index (χ1) is 29.7. The molecule has 0 saturated carbocycles. The molecule has 1 fully saturated rings. The molecule has 0 bridgehead atoms. The lowest BCUT2D eigenvalue weighted by atomic mass is 10.0. The number of allylic oxidation sites excluding steroid dienone is 5. The fraction of sp³-hybridized carbons (Fsp3) is 0.449. The van der Waals surface area contributed by atoms with E-state index in [1.54, 1.807) is 12.1 Å². The second kappa shape index (κ2) is 24.0. The summed E-state index contributed by atoms with van der Waals surface area (Å²) in [5.74, 6) is 0.109. The normalized spacial score (nSPS) is 14.1. The summed E-state index contributed by atoms with van der Waals surface area (Å²) < 4.78 is 14.3. The molecule has 2 aromatic carbocycles. The molecule has 2 amide bonds. The molecule has 4 aromatic rings. The fourth-order valence-corrected chi connectivity index (χ4v) is 7.80. The van der Waals surface area contributed by atoms with Crippen molar-refractivity contribution in [1.29, 1.82) is 0 Å². The topological polar surface area (TPSA) is 135 Å². The van der Waals surface area contributed by atoms with Crippen LogP contribution in [0.25, 0.3) is 27.4 Å². The van der Waals surface area contributed by atoms with E-state index in [1.165, 1.54) is 46.4 Å². The number of pyridine rings is 1. The number of unbranched alkanes of at least 4 members (excludes halogenated alkanes) is 4. The first kappa shape index (κ1) is 46.5. The number of benzene rings is 2. The summed E-state index contributed by atoms with van der Waals surface area (Å²) in [6, 6.07) is 13.4. The van der Waals surface area contributed by atoms with Crippen LogP contribution in [0.15, 0.2) is 84.9 Å². The predicted molar refractivity (Wildman–Crippen MR) is 245 cm³/mol. The van der Waals surface area contributed by atoms with Crippen LogP contribution < -0.4 is 15.5 Å². The van der Waals surface area contributed by atoms with Gasteiger partial charge in [0.2, 0.25) is 5.91 Å². The maximum atomic E-state index is 13.4. The zero-order valence-electron chi connectivity index (χ0n) is 36.7. The fourth-order valence-electron chi connectivity index (χ4n) is 7.80. The first-order valence-corrected chi connectivity index (χ1v) is 21.8. The van der Waals surface area contributed by atoms with Crippen molar-refractivity contribution >= 4 is 57.5 Å². The second-order valence-corrected chi connectivity index (χ2v) is 15.6. The molecular weight excluding hydrogens is 769 g/mol. The van der Waals surface area contributed by atoms with Crippen LogP contribution in [0.5, 0.6) is 0 Å². The molecule has 326 valence electrons. The molecule has 0 radical (unpaired) electrons. The number of likely N-dealkylation sites (N-methyl/N-ethyl adjacent to an activating group) is 2. The Hall–Kier alpha value is -5.59. The van der Waals surface area contributed by atoms with E-state index in [2.05, 4.69) is 94.5 Å². The highest BCUT2D eigenvalue weighted by Crippen LogP contribution is 2.31. The Bertz CT molecular complexity index is 2180. The Balaban J connectivity index is 0.920. The standard InChI is InChI=1S/C49H64N6O6/c1-6-15-41(21-18-36(7-2)37-19-22-42-44-32-51-25-23-45(44)53(4)47(42)30-37)61-29-13-9-12-28-60-27-11-8-10-24-52-39-33-55(34-39)40-20-17-38(35-57)43(31-40)49(59)54(5)46(16-14-26-56)48(58)50-3/h7,15,17-23,25-26,30-32,35,39,46,52H,6,8-14,16,24,27-29,33-34H2,1-5H3,(H,50,58)/b21-18-,36-7+,41-15-. The molecule has 5 rings (SSSR count). The largest absolute Gasteiger partial charge is 0.494 e. The van der Waals surface area contributed by atoms with E-state index in [0.29, 0.717) is 18.9 Å². The summed E-state index contributed by atoms with van der Waals surface area (Å²) in [7, 11) is 5.12. The molecule has 2 N–H and O–H groups in total.